The van der Waals surface area contributed by atoms with E-state index in [0.29, 0.717) is 24.4 Å². The van der Waals surface area contributed by atoms with Crippen LogP contribution in [0.25, 0.3) is 0 Å². The van der Waals surface area contributed by atoms with Crippen LogP contribution < -0.4 is 0 Å². The maximum atomic E-state index is 11.8. The molecule has 1 aliphatic rings. The zero-order valence-electron chi connectivity index (χ0n) is 11.6. The summed E-state index contributed by atoms with van der Waals surface area (Å²) >= 11 is 1.74. The van der Waals surface area contributed by atoms with Crippen molar-refractivity contribution in [3.63, 3.8) is 0 Å². The molecule has 1 heterocycles. The van der Waals surface area contributed by atoms with Crippen molar-refractivity contribution in [3.05, 3.63) is 70.9 Å². The fourth-order valence-corrected chi connectivity index (χ4v) is 2.71. The second-order valence-electron chi connectivity index (χ2n) is 4.53. The lowest BCUT2D eigenvalue weighted by Gasteiger charge is -2.16. The summed E-state index contributed by atoms with van der Waals surface area (Å²) in [6.07, 6.45) is 3.96. The van der Waals surface area contributed by atoms with Gasteiger partial charge in [0.05, 0.1) is 12.2 Å². The van der Waals surface area contributed by atoms with Crippen molar-refractivity contribution in [2.24, 2.45) is 0 Å². The summed E-state index contributed by atoms with van der Waals surface area (Å²) < 4.78 is 5.57. The number of hydrogen-bond acceptors (Lipinski definition) is 3. The second-order valence-corrected chi connectivity index (χ2v) is 5.75. The van der Waals surface area contributed by atoms with E-state index >= 15 is 0 Å². The first kappa shape index (κ1) is 14.7. The van der Waals surface area contributed by atoms with Gasteiger partial charge in [0, 0.05) is 12.2 Å². The van der Waals surface area contributed by atoms with Crippen molar-refractivity contribution in [1.29, 1.82) is 0 Å². The third-order valence-corrected chi connectivity index (χ3v) is 4.05. The zero-order valence-corrected chi connectivity index (χ0v) is 12.4. The van der Waals surface area contributed by atoms with Gasteiger partial charge in [-0.15, -0.1) is 11.8 Å². The maximum Gasteiger partial charge on any atom is 0.169 e. The molecular weight excluding hydrogens is 268 g/mol. The van der Waals surface area contributed by atoms with Gasteiger partial charge in [0.25, 0.3) is 0 Å². The molecule has 3 heteroatoms. The van der Waals surface area contributed by atoms with Gasteiger partial charge in [-0.25, -0.2) is 0 Å². The van der Waals surface area contributed by atoms with Crippen molar-refractivity contribution >= 4 is 17.5 Å². The minimum Gasteiger partial charge on any atom is -0.492 e. The predicted molar refractivity (Wildman–Crippen MR) is 84.3 cm³/mol. The molecule has 2 nitrogen and oxygen atoms in total. The Balaban J connectivity index is 2.06. The van der Waals surface area contributed by atoms with E-state index in [9.17, 15) is 4.79 Å². The molecule has 0 aromatic heterocycles. The van der Waals surface area contributed by atoms with Gasteiger partial charge in [-0.05, 0) is 23.5 Å². The van der Waals surface area contributed by atoms with Gasteiger partial charge >= 0.3 is 0 Å². The van der Waals surface area contributed by atoms with Gasteiger partial charge in [-0.1, -0.05) is 43.0 Å². The number of hydrogen-bond donors (Lipinski definition) is 0. The molecule has 2 rings (SSSR count). The van der Waals surface area contributed by atoms with Crippen molar-refractivity contribution in [2.45, 2.75) is 19.1 Å². The lowest BCUT2D eigenvalue weighted by Crippen LogP contribution is -2.14. The Labute approximate surface area is 124 Å². The summed E-state index contributed by atoms with van der Waals surface area (Å²) in [6, 6.07) is 10.3. The Morgan fingerprint density at radius 1 is 1.40 bits per heavy atom. The fraction of sp³-hybridized carbons (Fsp3) is 0.235. The van der Waals surface area contributed by atoms with Gasteiger partial charge < -0.3 is 4.74 Å². The molecule has 1 aromatic rings. The molecule has 0 saturated carbocycles. The molecule has 0 saturated heterocycles. The number of rotatable bonds is 5. The third kappa shape index (κ3) is 3.87. The van der Waals surface area contributed by atoms with Crippen LogP contribution in [0.5, 0.6) is 0 Å². The average Bonchev–Trinajstić information content (AvgIpc) is 2.46. The first-order valence-corrected chi connectivity index (χ1v) is 7.57. The van der Waals surface area contributed by atoms with Crippen molar-refractivity contribution in [3.8, 4) is 0 Å². The van der Waals surface area contributed by atoms with E-state index in [1.54, 1.807) is 17.8 Å². The molecular formula is C17H18O2S. The maximum absolute atomic E-state index is 11.8. The van der Waals surface area contributed by atoms with E-state index in [0.717, 1.165) is 10.7 Å². The number of ether oxygens (including phenoxy) is 1. The smallest absolute Gasteiger partial charge is 0.169 e. The normalized spacial score (nSPS) is 16.1. The molecule has 0 fully saturated rings. The van der Waals surface area contributed by atoms with E-state index in [4.69, 9.17) is 4.74 Å². The molecule has 1 aliphatic heterocycles. The summed E-state index contributed by atoms with van der Waals surface area (Å²) in [7, 11) is 0. The fourth-order valence-electron chi connectivity index (χ4n) is 1.94. The van der Waals surface area contributed by atoms with Gasteiger partial charge in [-0.3, -0.25) is 4.79 Å². The number of Topliss-reactive ketones (excluding diaryl/α,β-unsaturated/α-hetero) is 1. The number of ketones is 1. The molecule has 0 N–H and O–H groups in total. The molecule has 0 amide bonds. The quantitative estimate of drug-likeness (QED) is 0.809. The van der Waals surface area contributed by atoms with Crippen molar-refractivity contribution < 1.29 is 9.53 Å². The van der Waals surface area contributed by atoms with Crippen LogP contribution in [0.15, 0.2) is 65.3 Å². The topological polar surface area (TPSA) is 26.3 Å². The molecule has 104 valence electrons. The van der Waals surface area contributed by atoms with Crippen LogP contribution in [0.1, 0.15) is 18.9 Å². The predicted octanol–water partition coefficient (Wildman–Crippen LogP) is 4.25. The summed E-state index contributed by atoms with van der Waals surface area (Å²) in [5.74, 6) is 1.67. The minimum atomic E-state index is 0.110. The van der Waals surface area contributed by atoms with E-state index in [1.807, 2.05) is 31.2 Å². The number of thioether (sulfide) groups is 1. The largest absolute Gasteiger partial charge is 0.492 e. The summed E-state index contributed by atoms with van der Waals surface area (Å²) in [5, 5.41) is 0. The SMILES string of the molecule is C=CC1=C(/C=C(\C)SCc2ccccc2)OCCC1=O. The van der Waals surface area contributed by atoms with E-state index in [-0.39, 0.29) is 5.78 Å². The number of carbonyl (C=O) groups excluding carboxylic acids is 1. The standard InChI is InChI=1S/C17H18O2S/c1-3-15-16(18)9-10-19-17(15)11-13(2)20-12-14-7-5-4-6-8-14/h3-8,11H,1,9-10,12H2,2H3/b13-11+. The third-order valence-electron chi connectivity index (χ3n) is 3.00. The van der Waals surface area contributed by atoms with Crippen LogP contribution in [-0.4, -0.2) is 12.4 Å². The van der Waals surface area contributed by atoms with Crippen molar-refractivity contribution in [1.82, 2.24) is 0 Å². The molecule has 20 heavy (non-hydrogen) atoms. The molecule has 1 aromatic carbocycles. The first-order valence-electron chi connectivity index (χ1n) is 6.58. The molecule has 0 unspecified atom stereocenters. The van der Waals surface area contributed by atoms with Crippen LogP contribution >= 0.6 is 11.8 Å². The highest BCUT2D eigenvalue weighted by molar-refractivity contribution is 8.02. The average molecular weight is 286 g/mol. The summed E-state index contributed by atoms with van der Waals surface area (Å²) in [6.45, 7) is 6.18. The highest BCUT2D eigenvalue weighted by Crippen LogP contribution is 2.25. The highest BCUT2D eigenvalue weighted by Gasteiger charge is 2.18. The molecule has 0 radical (unpaired) electrons. The lowest BCUT2D eigenvalue weighted by molar-refractivity contribution is -0.117. The molecule has 0 bridgehead atoms. The minimum absolute atomic E-state index is 0.110. The van der Waals surface area contributed by atoms with Crippen LogP contribution in [-0.2, 0) is 15.3 Å². The van der Waals surface area contributed by atoms with Crippen molar-refractivity contribution in [2.75, 3.05) is 6.61 Å². The first-order chi connectivity index (χ1) is 9.70. The Hall–Kier alpha value is -1.74. The lowest BCUT2D eigenvalue weighted by atomic mass is 10.1. The Morgan fingerprint density at radius 2 is 2.15 bits per heavy atom. The number of carbonyl (C=O) groups is 1. The molecule has 0 atom stereocenters. The molecule has 0 aliphatic carbocycles. The summed E-state index contributed by atoms with van der Waals surface area (Å²) in [4.78, 5) is 12.9. The Bertz CT molecular complexity index is 556. The van der Waals surface area contributed by atoms with Crippen LogP contribution in [0.2, 0.25) is 0 Å². The van der Waals surface area contributed by atoms with Crippen LogP contribution in [0.3, 0.4) is 0 Å². The molecule has 0 spiro atoms. The monoisotopic (exact) mass is 286 g/mol. The number of allylic oxidation sites excluding steroid dienone is 4. The number of benzene rings is 1. The Kier molecular flexibility index (Phi) is 5.24. The van der Waals surface area contributed by atoms with Crippen LogP contribution in [0.4, 0.5) is 0 Å². The van der Waals surface area contributed by atoms with Gasteiger partial charge in [-0.2, -0.15) is 0 Å². The highest BCUT2D eigenvalue weighted by atomic mass is 32.2. The van der Waals surface area contributed by atoms with Gasteiger partial charge in [0.2, 0.25) is 0 Å². The van der Waals surface area contributed by atoms with E-state index < -0.39 is 0 Å². The summed E-state index contributed by atoms with van der Waals surface area (Å²) in [5.41, 5.74) is 1.87. The van der Waals surface area contributed by atoms with Gasteiger partial charge in [0.15, 0.2) is 5.78 Å². The van der Waals surface area contributed by atoms with E-state index in [2.05, 4.69) is 18.7 Å². The van der Waals surface area contributed by atoms with Gasteiger partial charge in [0.1, 0.15) is 5.76 Å². The zero-order chi connectivity index (χ0) is 14.4. The Morgan fingerprint density at radius 3 is 2.85 bits per heavy atom. The van der Waals surface area contributed by atoms with E-state index in [1.165, 1.54) is 5.56 Å². The second kappa shape index (κ2) is 7.15. The van der Waals surface area contributed by atoms with Crippen LogP contribution in [0, 0.1) is 0 Å².